The molecule has 0 aliphatic carbocycles. The predicted octanol–water partition coefficient (Wildman–Crippen LogP) is 2.01. The molecule has 0 spiro atoms. The van der Waals surface area contributed by atoms with Gasteiger partial charge in [-0.05, 0) is 18.9 Å². The van der Waals surface area contributed by atoms with E-state index in [0.717, 1.165) is 37.7 Å². The van der Waals surface area contributed by atoms with Gasteiger partial charge in [-0.2, -0.15) is 0 Å². The average molecular weight is 344 g/mol. The largest absolute Gasteiger partial charge is 0.354 e. The van der Waals surface area contributed by atoms with E-state index in [1.807, 2.05) is 36.7 Å². The molecule has 5 nitrogen and oxygen atoms in total. The third-order valence-electron chi connectivity index (χ3n) is 4.49. The smallest absolute Gasteiger partial charge is 0.237 e. The highest BCUT2D eigenvalue weighted by Gasteiger charge is 2.26. The van der Waals surface area contributed by atoms with E-state index in [0.29, 0.717) is 6.54 Å². The average Bonchev–Trinajstić information content (AvgIpc) is 3.17. The van der Waals surface area contributed by atoms with Crippen molar-refractivity contribution in [1.29, 1.82) is 0 Å². The molecule has 128 valence electrons. The summed E-state index contributed by atoms with van der Waals surface area (Å²) in [5.74, 6) is 0.119. The highest BCUT2D eigenvalue weighted by atomic mass is 32.1. The van der Waals surface area contributed by atoms with E-state index in [1.165, 1.54) is 5.56 Å². The van der Waals surface area contributed by atoms with Crippen molar-refractivity contribution in [3.05, 3.63) is 47.5 Å². The monoisotopic (exact) mass is 344 g/mol. The Bertz CT molecular complexity index is 624. The first-order valence-electron chi connectivity index (χ1n) is 8.44. The van der Waals surface area contributed by atoms with Gasteiger partial charge in [0.2, 0.25) is 5.91 Å². The summed E-state index contributed by atoms with van der Waals surface area (Å²) in [6.45, 7) is 6.33. The van der Waals surface area contributed by atoms with Gasteiger partial charge in [0.25, 0.3) is 0 Å². The molecular formula is C18H24N4OS. The standard InChI is InChI=1S/C18H24N4OS/c1-15(17(23)19-8-7-16-5-3-2-4-6-16)21-10-12-22(13-11-21)18-20-9-14-24-18/h2-6,9,14-15H,7-8,10-13H2,1H3,(H,19,23)/t15-/m1/s1. The molecule has 1 N–H and O–H groups in total. The van der Waals surface area contributed by atoms with Crippen LogP contribution in [0.4, 0.5) is 5.13 Å². The number of piperazine rings is 1. The zero-order chi connectivity index (χ0) is 16.8. The Morgan fingerprint density at radius 3 is 2.67 bits per heavy atom. The number of hydrogen-bond donors (Lipinski definition) is 1. The van der Waals surface area contributed by atoms with Gasteiger partial charge in [0.1, 0.15) is 0 Å². The van der Waals surface area contributed by atoms with Gasteiger partial charge in [-0.25, -0.2) is 4.98 Å². The molecule has 2 heterocycles. The maximum absolute atomic E-state index is 12.4. The fraction of sp³-hybridized carbons (Fsp3) is 0.444. The van der Waals surface area contributed by atoms with Crippen molar-refractivity contribution in [3.8, 4) is 0 Å². The van der Waals surface area contributed by atoms with Crippen molar-refractivity contribution in [2.24, 2.45) is 0 Å². The van der Waals surface area contributed by atoms with Gasteiger partial charge in [0.05, 0.1) is 6.04 Å². The summed E-state index contributed by atoms with van der Waals surface area (Å²) in [6, 6.07) is 10.2. The normalized spacial score (nSPS) is 16.8. The molecule has 24 heavy (non-hydrogen) atoms. The minimum atomic E-state index is -0.0841. The number of nitrogens with one attached hydrogen (secondary N) is 1. The highest BCUT2D eigenvalue weighted by Crippen LogP contribution is 2.19. The molecule has 0 saturated carbocycles. The molecular weight excluding hydrogens is 320 g/mol. The summed E-state index contributed by atoms with van der Waals surface area (Å²) in [5, 5.41) is 6.15. The summed E-state index contributed by atoms with van der Waals surface area (Å²) in [6.07, 6.45) is 2.71. The summed E-state index contributed by atoms with van der Waals surface area (Å²) >= 11 is 1.67. The third kappa shape index (κ3) is 4.33. The number of carbonyl (C=O) groups excluding carboxylic acids is 1. The Kier molecular flexibility index (Phi) is 5.82. The van der Waals surface area contributed by atoms with Crippen LogP contribution in [0.15, 0.2) is 41.9 Å². The van der Waals surface area contributed by atoms with Crippen molar-refractivity contribution in [2.75, 3.05) is 37.6 Å². The van der Waals surface area contributed by atoms with Crippen LogP contribution >= 0.6 is 11.3 Å². The van der Waals surface area contributed by atoms with Crippen LogP contribution in [0.1, 0.15) is 12.5 Å². The van der Waals surface area contributed by atoms with Crippen LogP contribution < -0.4 is 10.2 Å². The van der Waals surface area contributed by atoms with E-state index in [4.69, 9.17) is 0 Å². The van der Waals surface area contributed by atoms with E-state index in [-0.39, 0.29) is 11.9 Å². The minimum absolute atomic E-state index is 0.0841. The van der Waals surface area contributed by atoms with E-state index in [1.54, 1.807) is 11.3 Å². The van der Waals surface area contributed by atoms with E-state index in [9.17, 15) is 4.79 Å². The lowest BCUT2D eigenvalue weighted by atomic mass is 10.1. The molecule has 1 aromatic heterocycles. The van der Waals surface area contributed by atoms with Crippen LogP contribution in [0.3, 0.4) is 0 Å². The summed E-state index contributed by atoms with van der Waals surface area (Å²) < 4.78 is 0. The number of aromatic nitrogens is 1. The number of rotatable bonds is 6. The Morgan fingerprint density at radius 2 is 2.00 bits per heavy atom. The first-order chi connectivity index (χ1) is 11.7. The molecule has 3 rings (SSSR count). The molecule has 0 bridgehead atoms. The van der Waals surface area contributed by atoms with E-state index in [2.05, 4.69) is 32.2 Å². The molecule has 1 saturated heterocycles. The molecule has 1 atom stereocenters. The van der Waals surface area contributed by atoms with Crippen LogP contribution in [0.25, 0.3) is 0 Å². The Balaban J connectivity index is 1.41. The highest BCUT2D eigenvalue weighted by molar-refractivity contribution is 7.13. The molecule has 1 aliphatic heterocycles. The van der Waals surface area contributed by atoms with Crippen LogP contribution in [0, 0.1) is 0 Å². The molecule has 1 aromatic carbocycles. The van der Waals surface area contributed by atoms with Crippen molar-refractivity contribution in [3.63, 3.8) is 0 Å². The third-order valence-corrected chi connectivity index (χ3v) is 5.32. The summed E-state index contributed by atoms with van der Waals surface area (Å²) in [7, 11) is 0. The second-order valence-corrected chi connectivity index (χ2v) is 6.91. The Morgan fingerprint density at radius 1 is 1.25 bits per heavy atom. The first-order valence-corrected chi connectivity index (χ1v) is 9.32. The Hall–Kier alpha value is -1.92. The first kappa shape index (κ1) is 16.9. The Labute approximate surface area is 147 Å². The number of nitrogens with zero attached hydrogens (tertiary/aromatic N) is 3. The number of hydrogen-bond acceptors (Lipinski definition) is 5. The second-order valence-electron chi connectivity index (χ2n) is 6.04. The fourth-order valence-corrected chi connectivity index (χ4v) is 3.66. The van der Waals surface area contributed by atoms with Crippen molar-refractivity contribution < 1.29 is 4.79 Å². The van der Waals surface area contributed by atoms with Crippen LogP contribution in [-0.4, -0.2) is 54.6 Å². The van der Waals surface area contributed by atoms with Crippen LogP contribution in [0.5, 0.6) is 0 Å². The van der Waals surface area contributed by atoms with Gasteiger partial charge in [-0.3, -0.25) is 9.69 Å². The molecule has 1 fully saturated rings. The van der Waals surface area contributed by atoms with Gasteiger partial charge in [-0.15, -0.1) is 11.3 Å². The molecule has 6 heteroatoms. The van der Waals surface area contributed by atoms with Gasteiger partial charge in [0.15, 0.2) is 5.13 Å². The quantitative estimate of drug-likeness (QED) is 0.871. The summed E-state index contributed by atoms with van der Waals surface area (Å²) in [5.41, 5.74) is 1.25. The SMILES string of the molecule is C[C@H](C(=O)NCCc1ccccc1)N1CCN(c2nccs2)CC1. The van der Waals surface area contributed by atoms with Gasteiger partial charge in [-0.1, -0.05) is 30.3 Å². The number of anilines is 1. The zero-order valence-corrected chi connectivity index (χ0v) is 14.8. The molecule has 0 radical (unpaired) electrons. The van der Waals surface area contributed by atoms with Gasteiger partial charge >= 0.3 is 0 Å². The number of carbonyl (C=O) groups is 1. The molecule has 1 amide bonds. The number of thiazole rings is 1. The fourth-order valence-electron chi connectivity index (χ4n) is 2.96. The number of amides is 1. The molecule has 0 unspecified atom stereocenters. The van der Waals surface area contributed by atoms with Crippen molar-refractivity contribution in [2.45, 2.75) is 19.4 Å². The second kappa shape index (κ2) is 8.26. The number of benzene rings is 1. The maximum atomic E-state index is 12.4. The summed E-state index contributed by atoms with van der Waals surface area (Å²) in [4.78, 5) is 21.3. The van der Waals surface area contributed by atoms with E-state index >= 15 is 0 Å². The van der Waals surface area contributed by atoms with Crippen LogP contribution in [-0.2, 0) is 11.2 Å². The lowest BCUT2D eigenvalue weighted by Crippen LogP contribution is -2.54. The zero-order valence-electron chi connectivity index (χ0n) is 14.0. The minimum Gasteiger partial charge on any atom is -0.354 e. The van der Waals surface area contributed by atoms with Gasteiger partial charge < -0.3 is 10.2 Å². The topological polar surface area (TPSA) is 48.5 Å². The van der Waals surface area contributed by atoms with Crippen molar-refractivity contribution in [1.82, 2.24) is 15.2 Å². The van der Waals surface area contributed by atoms with Gasteiger partial charge in [0, 0.05) is 44.3 Å². The lowest BCUT2D eigenvalue weighted by Gasteiger charge is -2.37. The molecule has 2 aromatic rings. The molecule has 1 aliphatic rings. The lowest BCUT2D eigenvalue weighted by molar-refractivity contribution is -0.125. The van der Waals surface area contributed by atoms with Crippen molar-refractivity contribution >= 4 is 22.4 Å². The van der Waals surface area contributed by atoms with Crippen LogP contribution in [0.2, 0.25) is 0 Å². The van der Waals surface area contributed by atoms with E-state index < -0.39 is 0 Å². The predicted molar refractivity (Wildman–Crippen MR) is 98.5 cm³/mol. The maximum Gasteiger partial charge on any atom is 0.237 e.